The topological polar surface area (TPSA) is 39.5 Å². The molecule has 1 atom stereocenters. The maximum atomic E-state index is 6.84. The number of hydrogen-bond acceptors (Lipinski definition) is 4. The molecular weight excluding hydrogens is 446 g/mol. The molecule has 0 bridgehead atoms. The minimum Gasteiger partial charge on any atom is -0.486 e. The largest absolute Gasteiger partial charge is 0.486 e. The normalized spacial score (nSPS) is 18.3. The van der Waals surface area contributed by atoms with Gasteiger partial charge in [0.15, 0.2) is 16.7 Å². The van der Waals surface area contributed by atoms with Crippen molar-refractivity contribution in [1.82, 2.24) is 14.5 Å². The molecule has 180 valence electrons. The van der Waals surface area contributed by atoms with Gasteiger partial charge in [-0.3, -0.25) is 4.90 Å². The second-order valence-electron chi connectivity index (χ2n) is 9.38. The Hall–Kier alpha value is -2.50. The summed E-state index contributed by atoms with van der Waals surface area (Å²) in [6, 6.07) is 15.2. The van der Waals surface area contributed by atoms with Crippen LogP contribution in [-0.4, -0.2) is 34.2 Å². The van der Waals surface area contributed by atoms with Crippen molar-refractivity contribution in [3.05, 3.63) is 64.4 Å². The second-order valence-corrected chi connectivity index (χ2v) is 9.74. The molecule has 34 heavy (non-hydrogen) atoms. The van der Waals surface area contributed by atoms with Crippen LogP contribution in [0.25, 0.3) is 11.4 Å². The Bertz CT molecular complexity index is 1140. The molecule has 3 heterocycles. The van der Waals surface area contributed by atoms with Crippen LogP contribution in [0.2, 0.25) is 5.15 Å². The summed E-state index contributed by atoms with van der Waals surface area (Å²) in [5, 5.41) is 0.626. The maximum absolute atomic E-state index is 6.84. The van der Waals surface area contributed by atoms with Crippen molar-refractivity contribution in [2.24, 2.45) is 0 Å². The first-order valence-corrected chi connectivity index (χ1v) is 13.0. The van der Waals surface area contributed by atoms with E-state index in [0.29, 0.717) is 24.4 Å². The quantitative estimate of drug-likeness (QED) is 0.373. The van der Waals surface area contributed by atoms with Gasteiger partial charge in [0.1, 0.15) is 19.0 Å². The standard InChI is InChI=1S/C28H34ClN3O2/c1-3-4-15-32-24(27(29)30-28(32)22-10-6-5-9-20(22)2)19-31-14-8-7-11-23(31)21-12-13-25-26(18-21)34-17-16-33-25/h5-6,9-10,12-13,18,23H,3-4,7-8,11,14-17,19H2,1-2H3. The van der Waals surface area contributed by atoms with E-state index < -0.39 is 0 Å². The second kappa shape index (κ2) is 10.4. The average molecular weight is 480 g/mol. The van der Waals surface area contributed by atoms with Gasteiger partial charge in [-0.2, -0.15) is 0 Å². The molecule has 3 aromatic rings. The Morgan fingerprint density at radius 2 is 1.88 bits per heavy atom. The number of hydrogen-bond donors (Lipinski definition) is 0. The third kappa shape index (κ3) is 4.69. The summed E-state index contributed by atoms with van der Waals surface area (Å²) in [7, 11) is 0. The number of aryl methyl sites for hydroxylation is 1. The molecule has 2 aromatic carbocycles. The van der Waals surface area contributed by atoms with Crippen LogP contribution in [0.3, 0.4) is 0 Å². The van der Waals surface area contributed by atoms with E-state index in [1.54, 1.807) is 0 Å². The Morgan fingerprint density at radius 3 is 2.71 bits per heavy atom. The summed E-state index contributed by atoms with van der Waals surface area (Å²) in [5.41, 5.74) is 4.80. The van der Waals surface area contributed by atoms with Gasteiger partial charge in [-0.1, -0.05) is 61.7 Å². The van der Waals surface area contributed by atoms with Gasteiger partial charge in [-0.25, -0.2) is 4.98 Å². The third-order valence-electron chi connectivity index (χ3n) is 7.06. The highest BCUT2D eigenvalue weighted by Gasteiger charge is 2.28. The summed E-state index contributed by atoms with van der Waals surface area (Å²) in [4.78, 5) is 7.45. The van der Waals surface area contributed by atoms with Crippen LogP contribution in [0.1, 0.15) is 61.9 Å². The molecule has 1 saturated heterocycles. The van der Waals surface area contributed by atoms with E-state index in [9.17, 15) is 0 Å². The lowest BCUT2D eigenvalue weighted by atomic mass is 9.94. The number of benzene rings is 2. The molecular formula is C28H34ClN3O2. The fraction of sp³-hybridized carbons (Fsp3) is 0.464. The van der Waals surface area contributed by atoms with Gasteiger partial charge in [0.05, 0.1) is 5.69 Å². The average Bonchev–Trinajstić information content (AvgIpc) is 3.17. The van der Waals surface area contributed by atoms with Gasteiger partial charge in [0.2, 0.25) is 0 Å². The van der Waals surface area contributed by atoms with Crippen LogP contribution in [0, 0.1) is 6.92 Å². The highest BCUT2D eigenvalue weighted by molar-refractivity contribution is 6.30. The van der Waals surface area contributed by atoms with Gasteiger partial charge in [0, 0.05) is 24.7 Å². The van der Waals surface area contributed by atoms with Crippen LogP contribution < -0.4 is 9.47 Å². The Balaban J connectivity index is 1.48. The molecule has 0 amide bonds. The molecule has 1 fully saturated rings. The lowest BCUT2D eigenvalue weighted by Crippen LogP contribution is -2.34. The molecule has 5 nitrogen and oxygen atoms in total. The molecule has 0 N–H and O–H groups in total. The van der Waals surface area contributed by atoms with Gasteiger partial charge >= 0.3 is 0 Å². The van der Waals surface area contributed by atoms with Crippen LogP contribution >= 0.6 is 11.6 Å². The number of imidazole rings is 1. The Labute approximate surface area is 207 Å². The monoisotopic (exact) mass is 479 g/mol. The zero-order chi connectivity index (χ0) is 23.5. The van der Waals surface area contributed by atoms with E-state index in [-0.39, 0.29) is 0 Å². The number of rotatable bonds is 7. The van der Waals surface area contributed by atoms with Gasteiger partial charge < -0.3 is 14.0 Å². The van der Waals surface area contributed by atoms with E-state index in [1.165, 1.54) is 24.0 Å². The molecule has 5 rings (SSSR count). The number of nitrogens with zero attached hydrogens (tertiary/aromatic N) is 3. The molecule has 2 aliphatic rings. The third-order valence-corrected chi connectivity index (χ3v) is 7.37. The van der Waals surface area contributed by atoms with Crippen molar-refractivity contribution in [2.45, 2.75) is 65.1 Å². The van der Waals surface area contributed by atoms with Crippen molar-refractivity contribution in [1.29, 1.82) is 0 Å². The molecule has 6 heteroatoms. The summed E-state index contributed by atoms with van der Waals surface area (Å²) in [6.07, 6.45) is 5.79. The summed E-state index contributed by atoms with van der Waals surface area (Å²) in [5.74, 6) is 2.70. The fourth-order valence-corrected chi connectivity index (χ4v) is 5.45. The Morgan fingerprint density at radius 1 is 1.06 bits per heavy atom. The summed E-state index contributed by atoms with van der Waals surface area (Å²) >= 11 is 6.84. The minimum absolute atomic E-state index is 0.331. The predicted molar refractivity (Wildman–Crippen MR) is 137 cm³/mol. The number of likely N-dealkylation sites (tertiary alicyclic amines) is 1. The molecule has 0 aliphatic carbocycles. The first-order valence-electron chi connectivity index (χ1n) is 12.6. The smallest absolute Gasteiger partial charge is 0.161 e. The SMILES string of the molecule is CCCCn1c(-c2ccccc2C)nc(Cl)c1CN1CCCCC1c1ccc2c(c1)OCCO2. The summed E-state index contributed by atoms with van der Waals surface area (Å²) in [6.45, 7) is 8.37. The number of unbranched alkanes of at least 4 members (excludes halogenated alkanes) is 1. The highest BCUT2D eigenvalue weighted by Crippen LogP contribution is 2.39. The lowest BCUT2D eigenvalue weighted by Gasteiger charge is -2.36. The number of aromatic nitrogens is 2. The van der Waals surface area contributed by atoms with E-state index in [2.05, 4.69) is 65.8 Å². The van der Waals surface area contributed by atoms with Crippen LogP contribution in [0.5, 0.6) is 11.5 Å². The fourth-order valence-electron chi connectivity index (χ4n) is 5.21. The number of ether oxygens (including phenoxy) is 2. The van der Waals surface area contributed by atoms with Crippen LogP contribution in [0.4, 0.5) is 0 Å². The van der Waals surface area contributed by atoms with Crippen molar-refractivity contribution < 1.29 is 9.47 Å². The van der Waals surface area contributed by atoms with Crippen molar-refractivity contribution in [3.63, 3.8) is 0 Å². The van der Waals surface area contributed by atoms with Crippen molar-refractivity contribution in [3.8, 4) is 22.9 Å². The summed E-state index contributed by atoms with van der Waals surface area (Å²) < 4.78 is 14.0. The first-order chi connectivity index (χ1) is 16.7. The highest BCUT2D eigenvalue weighted by atomic mass is 35.5. The molecule has 0 spiro atoms. The molecule has 1 unspecified atom stereocenters. The van der Waals surface area contributed by atoms with Crippen LogP contribution in [0.15, 0.2) is 42.5 Å². The number of fused-ring (bicyclic) bond motifs is 1. The molecule has 0 saturated carbocycles. The molecule has 0 radical (unpaired) electrons. The van der Waals surface area contributed by atoms with Gasteiger partial charge in [0.25, 0.3) is 0 Å². The van der Waals surface area contributed by atoms with Gasteiger partial charge in [-0.15, -0.1) is 0 Å². The predicted octanol–water partition coefficient (Wildman–Crippen LogP) is 6.81. The van der Waals surface area contributed by atoms with E-state index in [4.69, 9.17) is 26.1 Å². The minimum atomic E-state index is 0.331. The van der Waals surface area contributed by atoms with E-state index in [0.717, 1.165) is 67.5 Å². The van der Waals surface area contributed by atoms with Crippen molar-refractivity contribution >= 4 is 11.6 Å². The lowest BCUT2D eigenvalue weighted by molar-refractivity contribution is 0.135. The molecule has 2 aliphatic heterocycles. The Kier molecular flexibility index (Phi) is 7.12. The van der Waals surface area contributed by atoms with Gasteiger partial charge in [-0.05, 0) is 56.0 Å². The number of piperidine rings is 1. The zero-order valence-electron chi connectivity index (χ0n) is 20.2. The van der Waals surface area contributed by atoms with E-state index in [1.807, 2.05) is 0 Å². The molecule has 1 aromatic heterocycles. The van der Waals surface area contributed by atoms with Crippen molar-refractivity contribution in [2.75, 3.05) is 19.8 Å². The van der Waals surface area contributed by atoms with Crippen LogP contribution in [-0.2, 0) is 13.1 Å². The zero-order valence-corrected chi connectivity index (χ0v) is 21.0. The van der Waals surface area contributed by atoms with E-state index >= 15 is 0 Å². The number of halogens is 1. The maximum Gasteiger partial charge on any atom is 0.161 e. The first kappa shape index (κ1) is 23.3.